The van der Waals surface area contributed by atoms with Crippen LogP contribution < -0.4 is 5.32 Å². The van der Waals surface area contributed by atoms with Gasteiger partial charge in [-0.15, -0.1) is 0 Å². The van der Waals surface area contributed by atoms with Crippen LogP contribution in [0.15, 0.2) is 16.6 Å². The van der Waals surface area contributed by atoms with Crippen LogP contribution in [0.2, 0.25) is 5.02 Å². The minimum Gasteiger partial charge on any atom is -0.334 e. The molecule has 2 rings (SSSR count). The lowest BCUT2D eigenvalue weighted by molar-refractivity contribution is 0.0941. The second-order valence-corrected chi connectivity index (χ2v) is 5.44. The van der Waals surface area contributed by atoms with Gasteiger partial charge in [0.25, 0.3) is 5.91 Å². The average Bonchev–Trinajstić information content (AvgIpc) is 3.05. The number of carbonyl (C=O) groups excluding carboxylic acids is 1. The number of aryl methyl sites for hydroxylation is 1. The number of benzene rings is 1. The lowest BCUT2D eigenvalue weighted by atomic mass is 10.1. The third kappa shape index (κ3) is 2.46. The summed E-state index contributed by atoms with van der Waals surface area (Å²) in [5.41, 5.74) is 0.728. The molecule has 1 amide bonds. The molecule has 0 atom stereocenters. The molecule has 0 bridgehead atoms. The zero-order chi connectivity index (χ0) is 12.6. The summed E-state index contributed by atoms with van der Waals surface area (Å²) < 4.78 is 0.789. The van der Waals surface area contributed by atoms with E-state index in [-0.39, 0.29) is 5.91 Å². The molecule has 1 aromatic rings. The van der Waals surface area contributed by atoms with Crippen LogP contribution in [-0.2, 0) is 0 Å². The van der Waals surface area contributed by atoms with Gasteiger partial charge in [0, 0.05) is 10.0 Å². The van der Waals surface area contributed by atoms with Crippen molar-refractivity contribution in [2.45, 2.75) is 25.3 Å². The minimum absolute atomic E-state index is 0.249. The molecule has 17 heavy (non-hydrogen) atoms. The molecule has 5 heteroatoms. The van der Waals surface area contributed by atoms with Gasteiger partial charge in [-0.05, 0) is 53.4 Å². The second kappa shape index (κ2) is 4.32. The van der Waals surface area contributed by atoms with Crippen LogP contribution in [0.3, 0.4) is 0 Å². The maximum absolute atomic E-state index is 11.9. The fraction of sp³-hybridized carbons (Fsp3) is 0.333. The molecule has 0 unspecified atom stereocenters. The van der Waals surface area contributed by atoms with Gasteiger partial charge in [0.15, 0.2) is 0 Å². The Hall–Kier alpha value is -1.05. The molecule has 88 valence electrons. The summed E-state index contributed by atoms with van der Waals surface area (Å²) in [7, 11) is 0. The Morgan fingerprint density at radius 3 is 2.71 bits per heavy atom. The van der Waals surface area contributed by atoms with Gasteiger partial charge >= 0.3 is 0 Å². The molecule has 1 aliphatic rings. The third-order valence-electron chi connectivity index (χ3n) is 2.79. The molecule has 1 fully saturated rings. The molecule has 0 aliphatic heterocycles. The van der Waals surface area contributed by atoms with Crippen LogP contribution in [0.4, 0.5) is 0 Å². The maximum Gasteiger partial charge on any atom is 0.252 e. The molecule has 0 spiro atoms. The van der Waals surface area contributed by atoms with Crippen molar-refractivity contribution in [3.8, 4) is 6.07 Å². The number of nitriles is 1. The first-order chi connectivity index (χ1) is 7.97. The SMILES string of the molecule is Cc1cc(C(=O)NC2(C#N)CC2)cc(Cl)c1Br. The third-order valence-corrected chi connectivity index (χ3v) is 4.37. The van der Waals surface area contributed by atoms with E-state index in [1.165, 1.54) is 0 Å². The fourth-order valence-electron chi connectivity index (χ4n) is 1.54. The highest BCUT2D eigenvalue weighted by Gasteiger charge is 2.44. The second-order valence-electron chi connectivity index (χ2n) is 4.24. The van der Waals surface area contributed by atoms with Crippen LogP contribution in [0.1, 0.15) is 28.8 Å². The fourth-order valence-corrected chi connectivity index (χ4v) is 2.03. The number of carbonyl (C=O) groups is 1. The zero-order valence-electron chi connectivity index (χ0n) is 9.18. The van der Waals surface area contributed by atoms with Crippen molar-refractivity contribution in [3.05, 3.63) is 32.8 Å². The maximum atomic E-state index is 11.9. The Morgan fingerprint density at radius 2 is 2.24 bits per heavy atom. The molecular formula is C12H10BrClN2O. The Balaban J connectivity index is 2.24. The monoisotopic (exact) mass is 312 g/mol. The number of hydrogen-bond acceptors (Lipinski definition) is 2. The summed E-state index contributed by atoms with van der Waals surface area (Å²) in [6.45, 7) is 1.87. The highest BCUT2D eigenvalue weighted by molar-refractivity contribution is 9.10. The lowest BCUT2D eigenvalue weighted by Crippen LogP contribution is -2.35. The minimum atomic E-state index is -0.648. The first-order valence-electron chi connectivity index (χ1n) is 5.17. The molecule has 3 nitrogen and oxygen atoms in total. The van der Waals surface area contributed by atoms with Gasteiger partial charge in [0.05, 0.1) is 11.1 Å². The summed E-state index contributed by atoms with van der Waals surface area (Å²) in [6, 6.07) is 5.47. The molecule has 0 aromatic heterocycles. The number of nitrogens with zero attached hydrogens (tertiary/aromatic N) is 1. The van der Waals surface area contributed by atoms with E-state index in [0.29, 0.717) is 10.6 Å². The molecule has 0 radical (unpaired) electrons. The quantitative estimate of drug-likeness (QED) is 0.911. The first-order valence-corrected chi connectivity index (χ1v) is 6.34. The standard InChI is InChI=1S/C12H10BrClN2O/c1-7-4-8(5-9(14)10(7)13)11(17)16-12(6-15)2-3-12/h4-5H,2-3H2,1H3,(H,16,17). The van der Waals surface area contributed by atoms with Crippen LogP contribution in [0.5, 0.6) is 0 Å². The number of hydrogen-bond donors (Lipinski definition) is 1. The van der Waals surface area contributed by atoms with E-state index in [1.807, 2.05) is 6.92 Å². The van der Waals surface area contributed by atoms with Crippen molar-refractivity contribution in [2.75, 3.05) is 0 Å². The smallest absolute Gasteiger partial charge is 0.252 e. The normalized spacial score (nSPS) is 16.1. The van der Waals surface area contributed by atoms with Crippen molar-refractivity contribution in [2.24, 2.45) is 0 Å². The highest BCUT2D eigenvalue weighted by Crippen LogP contribution is 2.35. The van der Waals surface area contributed by atoms with Gasteiger partial charge in [0.1, 0.15) is 5.54 Å². The summed E-state index contributed by atoms with van der Waals surface area (Å²) >= 11 is 9.33. The molecule has 1 aromatic carbocycles. The molecular weight excluding hydrogens is 304 g/mol. The summed E-state index contributed by atoms with van der Waals surface area (Å²) in [6.07, 6.45) is 1.44. The van der Waals surface area contributed by atoms with Crippen LogP contribution in [0.25, 0.3) is 0 Å². The molecule has 1 N–H and O–H groups in total. The van der Waals surface area contributed by atoms with Crippen LogP contribution in [0, 0.1) is 18.3 Å². The van der Waals surface area contributed by atoms with E-state index < -0.39 is 5.54 Å². The summed E-state index contributed by atoms with van der Waals surface area (Å²) in [5, 5.41) is 12.1. The zero-order valence-corrected chi connectivity index (χ0v) is 11.5. The predicted octanol–water partition coefficient (Wildman–Crippen LogP) is 3.20. The lowest BCUT2D eigenvalue weighted by Gasteiger charge is -2.10. The summed E-state index contributed by atoms with van der Waals surface area (Å²) in [5.74, 6) is -0.249. The highest BCUT2D eigenvalue weighted by atomic mass is 79.9. The van der Waals surface area contributed by atoms with E-state index in [0.717, 1.165) is 22.9 Å². The molecule has 0 heterocycles. The predicted molar refractivity (Wildman–Crippen MR) is 68.9 cm³/mol. The van der Waals surface area contributed by atoms with E-state index in [1.54, 1.807) is 12.1 Å². The number of amides is 1. The number of nitrogens with one attached hydrogen (secondary N) is 1. The van der Waals surface area contributed by atoms with Gasteiger partial charge < -0.3 is 5.32 Å². The largest absolute Gasteiger partial charge is 0.334 e. The van der Waals surface area contributed by atoms with Gasteiger partial charge in [-0.25, -0.2) is 0 Å². The van der Waals surface area contributed by atoms with Gasteiger partial charge in [-0.1, -0.05) is 11.6 Å². The average molecular weight is 314 g/mol. The number of halogens is 2. The number of rotatable bonds is 2. The Labute approximate surface area is 113 Å². The topological polar surface area (TPSA) is 52.9 Å². The molecule has 0 saturated heterocycles. The van der Waals surface area contributed by atoms with Crippen LogP contribution in [-0.4, -0.2) is 11.4 Å². The first kappa shape index (κ1) is 12.4. The van der Waals surface area contributed by atoms with Gasteiger partial charge in [-0.2, -0.15) is 5.26 Å². The summed E-state index contributed by atoms with van der Waals surface area (Å²) in [4.78, 5) is 11.9. The molecule has 1 saturated carbocycles. The van der Waals surface area contributed by atoms with Crippen molar-refractivity contribution >= 4 is 33.4 Å². The molecule has 1 aliphatic carbocycles. The van der Waals surface area contributed by atoms with Crippen molar-refractivity contribution in [3.63, 3.8) is 0 Å². The van der Waals surface area contributed by atoms with Crippen molar-refractivity contribution < 1.29 is 4.79 Å². The van der Waals surface area contributed by atoms with E-state index in [4.69, 9.17) is 16.9 Å². The van der Waals surface area contributed by atoms with E-state index in [9.17, 15) is 4.79 Å². The van der Waals surface area contributed by atoms with Gasteiger partial charge in [-0.3, -0.25) is 4.79 Å². The Morgan fingerprint density at radius 1 is 1.59 bits per heavy atom. The van der Waals surface area contributed by atoms with E-state index >= 15 is 0 Å². The Kier molecular flexibility index (Phi) is 3.15. The van der Waals surface area contributed by atoms with E-state index in [2.05, 4.69) is 27.3 Å². The van der Waals surface area contributed by atoms with Gasteiger partial charge in [0.2, 0.25) is 0 Å². The van der Waals surface area contributed by atoms with Crippen LogP contribution >= 0.6 is 27.5 Å². The van der Waals surface area contributed by atoms with Crippen molar-refractivity contribution in [1.29, 1.82) is 5.26 Å². The Bertz CT molecular complexity index is 509. The van der Waals surface area contributed by atoms with Crippen molar-refractivity contribution in [1.82, 2.24) is 5.32 Å².